The van der Waals surface area contributed by atoms with Crippen LogP contribution in [0, 0.1) is 28.6 Å². The van der Waals surface area contributed by atoms with Crippen LogP contribution in [-0.4, -0.2) is 23.1 Å². The molecule has 4 aliphatic carbocycles. The van der Waals surface area contributed by atoms with E-state index < -0.39 is 0 Å². The Bertz CT molecular complexity index is 896. The SMILES string of the molecule is C[C@]12CC[C@H](O)CC1=CC[C@H]1[C@H]2CC[C@@]2(C)\C(=N/N=C\C=C\c3ccco3)CC[C@@H]12. The molecule has 0 spiro atoms. The average Bonchev–Trinajstić information content (AvgIpc) is 3.36. The van der Waals surface area contributed by atoms with Crippen molar-refractivity contribution in [3.8, 4) is 0 Å². The molecule has 0 saturated heterocycles. The van der Waals surface area contributed by atoms with Gasteiger partial charge in [-0.2, -0.15) is 10.2 Å². The molecule has 160 valence electrons. The Balaban J connectivity index is 1.33. The number of hydrogen-bond donors (Lipinski definition) is 1. The van der Waals surface area contributed by atoms with Crippen LogP contribution in [0.1, 0.15) is 71.0 Å². The number of fused-ring (bicyclic) bond motifs is 5. The summed E-state index contributed by atoms with van der Waals surface area (Å²) in [5, 5.41) is 19.3. The average molecular weight is 407 g/mol. The van der Waals surface area contributed by atoms with Crippen molar-refractivity contribution in [2.75, 3.05) is 0 Å². The molecule has 0 amide bonds. The van der Waals surface area contributed by atoms with Gasteiger partial charge in [0.05, 0.1) is 12.4 Å². The fourth-order valence-electron chi connectivity index (χ4n) is 7.26. The summed E-state index contributed by atoms with van der Waals surface area (Å²) in [6.45, 7) is 4.93. The van der Waals surface area contributed by atoms with Crippen molar-refractivity contribution < 1.29 is 9.52 Å². The number of rotatable bonds is 3. The van der Waals surface area contributed by atoms with Crippen LogP contribution < -0.4 is 0 Å². The maximum absolute atomic E-state index is 10.2. The molecule has 0 unspecified atom stereocenters. The molecule has 4 heteroatoms. The second-order valence-electron chi connectivity index (χ2n) is 10.3. The quantitative estimate of drug-likeness (QED) is 0.378. The summed E-state index contributed by atoms with van der Waals surface area (Å²) in [5.41, 5.74) is 3.34. The molecule has 3 fully saturated rings. The first-order valence-electron chi connectivity index (χ1n) is 11.7. The normalized spacial score (nSPS) is 42.4. The maximum Gasteiger partial charge on any atom is 0.126 e. The molecule has 0 radical (unpaired) electrons. The largest absolute Gasteiger partial charge is 0.465 e. The first-order valence-corrected chi connectivity index (χ1v) is 11.7. The number of aliphatic hydroxyl groups excluding tert-OH is 1. The summed E-state index contributed by atoms with van der Waals surface area (Å²) < 4.78 is 5.30. The van der Waals surface area contributed by atoms with Crippen LogP contribution in [0.5, 0.6) is 0 Å². The number of nitrogens with zero attached hydrogens (tertiary/aromatic N) is 2. The molecule has 0 aliphatic heterocycles. The Labute approximate surface area is 179 Å². The molecule has 1 heterocycles. The summed E-state index contributed by atoms with van der Waals surface area (Å²) in [6.07, 6.45) is 18.6. The van der Waals surface area contributed by atoms with Crippen molar-refractivity contribution in [1.82, 2.24) is 0 Å². The zero-order chi connectivity index (χ0) is 20.8. The Morgan fingerprint density at radius 2 is 1.97 bits per heavy atom. The Hall–Kier alpha value is -1.94. The lowest BCUT2D eigenvalue weighted by Crippen LogP contribution is -2.50. The third kappa shape index (κ3) is 3.24. The second-order valence-corrected chi connectivity index (χ2v) is 10.3. The van der Waals surface area contributed by atoms with Gasteiger partial charge in [0, 0.05) is 17.3 Å². The van der Waals surface area contributed by atoms with Gasteiger partial charge in [0.2, 0.25) is 0 Å². The van der Waals surface area contributed by atoms with Crippen LogP contribution >= 0.6 is 0 Å². The van der Waals surface area contributed by atoms with Crippen LogP contribution in [-0.2, 0) is 0 Å². The molecule has 1 N–H and O–H groups in total. The number of allylic oxidation sites excluding steroid dienone is 2. The predicted octanol–water partition coefficient (Wildman–Crippen LogP) is 6.04. The number of hydrogen-bond acceptors (Lipinski definition) is 4. The third-order valence-electron chi connectivity index (χ3n) is 8.95. The highest BCUT2D eigenvalue weighted by molar-refractivity contribution is 5.93. The van der Waals surface area contributed by atoms with Gasteiger partial charge in [0.1, 0.15) is 5.76 Å². The van der Waals surface area contributed by atoms with Gasteiger partial charge < -0.3 is 9.52 Å². The number of aliphatic hydroxyl groups is 1. The van der Waals surface area contributed by atoms with Crippen molar-refractivity contribution in [2.24, 2.45) is 38.8 Å². The topological polar surface area (TPSA) is 58.1 Å². The Morgan fingerprint density at radius 1 is 1.13 bits per heavy atom. The fourth-order valence-corrected chi connectivity index (χ4v) is 7.26. The molecule has 1 aromatic rings. The highest BCUT2D eigenvalue weighted by atomic mass is 16.3. The van der Waals surface area contributed by atoms with E-state index in [4.69, 9.17) is 9.52 Å². The summed E-state index contributed by atoms with van der Waals surface area (Å²) in [5.74, 6) is 3.06. The van der Waals surface area contributed by atoms with E-state index in [0.29, 0.717) is 11.3 Å². The molecule has 3 saturated carbocycles. The first kappa shape index (κ1) is 20.0. The van der Waals surface area contributed by atoms with Crippen LogP contribution in [0.4, 0.5) is 0 Å². The summed E-state index contributed by atoms with van der Waals surface area (Å²) in [6, 6.07) is 3.81. The maximum atomic E-state index is 10.2. The zero-order valence-corrected chi connectivity index (χ0v) is 18.3. The number of furan rings is 1. The van der Waals surface area contributed by atoms with E-state index in [1.54, 1.807) is 18.1 Å². The lowest BCUT2D eigenvalue weighted by atomic mass is 9.48. The van der Waals surface area contributed by atoms with E-state index in [1.807, 2.05) is 24.3 Å². The second kappa shape index (κ2) is 7.64. The van der Waals surface area contributed by atoms with Crippen molar-refractivity contribution in [3.05, 3.63) is 41.9 Å². The summed E-state index contributed by atoms with van der Waals surface area (Å²) in [4.78, 5) is 0. The van der Waals surface area contributed by atoms with E-state index >= 15 is 0 Å². The van der Waals surface area contributed by atoms with Gasteiger partial charge in [0.15, 0.2) is 0 Å². The Morgan fingerprint density at radius 3 is 2.80 bits per heavy atom. The Kier molecular flexibility index (Phi) is 5.09. The molecule has 30 heavy (non-hydrogen) atoms. The van der Waals surface area contributed by atoms with Gasteiger partial charge in [-0.05, 0) is 98.8 Å². The van der Waals surface area contributed by atoms with E-state index in [2.05, 4.69) is 25.0 Å². The highest BCUT2D eigenvalue weighted by Gasteiger charge is 2.57. The molecular weight excluding hydrogens is 372 g/mol. The molecule has 4 aliphatic rings. The van der Waals surface area contributed by atoms with Crippen molar-refractivity contribution in [3.63, 3.8) is 0 Å². The van der Waals surface area contributed by atoms with Gasteiger partial charge in [-0.15, -0.1) is 0 Å². The van der Waals surface area contributed by atoms with E-state index in [-0.39, 0.29) is 11.5 Å². The van der Waals surface area contributed by atoms with Gasteiger partial charge >= 0.3 is 0 Å². The zero-order valence-electron chi connectivity index (χ0n) is 18.3. The first-order chi connectivity index (χ1) is 14.5. The monoisotopic (exact) mass is 406 g/mol. The molecule has 5 rings (SSSR count). The predicted molar refractivity (Wildman–Crippen MR) is 121 cm³/mol. The standard InChI is InChI=1S/C26H34N2O2/c1-25-13-11-19(29)17-18(25)7-8-21-22-9-10-24(26(22,2)14-12-23(21)25)28-27-15-3-5-20-6-4-16-30-20/h3-7,15-16,19,21-23,29H,8-14,17H2,1-2H3/b5-3+,27-15-,28-24-/t19-,21+,22-,23+,25-,26+/m0/s1. The van der Waals surface area contributed by atoms with Crippen LogP contribution in [0.2, 0.25) is 0 Å². The third-order valence-corrected chi connectivity index (χ3v) is 8.95. The molecular formula is C26H34N2O2. The van der Waals surface area contributed by atoms with E-state index in [1.165, 1.54) is 31.4 Å². The molecule has 6 atom stereocenters. The summed E-state index contributed by atoms with van der Waals surface area (Å²) >= 11 is 0. The lowest BCUT2D eigenvalue weighted by Gasteiger charge is -2.57. The van der Waals surface area contributed by atoms with Gasteiger partial charge in [-0.3, -0.25) is 0 Å². The minimum absolute atomic E-state index is 0.125. The van der Waals surface area contributed by atoms with Gasteiger partial charge in [-0.1, -0.05) is 25.5 Å². The van der Waals surface area contributed by atoms with E-state index in [0.717, 1.165) is 43.3 Å². The minimum atomic E-state index is -0.125. The summed E-state index contributed by atoms with van der Waals surface area (Å²) in [7, 11) is 0. The van der Waals surface area contributed by atoms with E-state index in [9.17, 15) is 5.11 Å². The highest BCUT2D eigenvalue weighted by Crippen LogP contribution is 2.64. The smallest absolute Gasteiger partial charge is 0.126 e. The van der Waals surface area contributed by atoms with Gasteiger partial charge in [-0.25, -0.2) is 0 Å². The molecule has 0 bridgehead atoms. The van der Waals surface area contributed by atoms with Crippen molar-refractivity contribution in [1.29, 1.82) is 0 Å². The van der Waals surface area contributed by atoms with Crippen LogP contribution in [0.25, 0.3) is 6.08 Å². The minimum Gasteiger partial charge on any atom is -0.465 e. The molecule has 4 nitrogen and oxygen atoms in total. The molecule has 0 aromatic carbocycles. The van der Waals surface area contributed by atoms with Crippen LogP contribution in [0.15, 0.2) is 50.7 Å². The van der Waals surface area contributed by atoms with Gasteiger partial charge in [0.25, 0.3) is 0 Å². The molecule has 1 aromatic heterocycles. The van der Waals surface area contributed by atoms with Crippen molar-refractivity contribution in [2.45, 2.75) is 71.3 Å². The van der Waals surface area contributed by atoms with Crippen molar-refractivity contribution >= 4 is 18.0 Å². The fraction of sp³-hybridized carbons (Fsp3) is 0.615. The van der Waals surface area contributed by atoms with Crippen LogP contribution in [0.3, 0.4) is 0 Å². The lowest BCUT2D eigenvalue weighted by molar-refractivity contribution is -0.0209.